The summed E-state index contributed by atoms with van der Waals surface area (Å²) >= 11 is 0. The zero-order chi connectivity index (χ0) is 51.4. The van der Waals surface area contributed by atoms with Crippen LogP contribution in [0.1, 0.15) is 265 Å². The van der Waals surface area contributed by atoms with Crippen LogP contribution >= 0.6 is 0 Å². The Hall–Kier alpha value is -3.93. The van der Waals surface area contributed by atoms with E-state index in [-0.39, 0.29) is 31.1 Å². The number of allylic oxidation sites excluding steroid dienone is 18. The van der Waals surface area contributed by atoms with Crippen molar-refractivity contribution < 1.29 is 28.6 Å². The van der Waals surface area contributed by atoms with E-state index in [1.807, 2.05) is 0 Å². The highest BCUT2D eigenvalue weighted by Crippen LogP contribution is 2.16. The van der Waals surface area contributed by atoms with Gasteiger partial charge in [-0.3, -0.25) is 14.4 Å². The Labute approximate surface area is 438 Å². The SMILES string of the molecule is CC/C=C\C/C=C\C/C=C\C/C=C\C/C=C\CCCCCC(=O)OC[C@H](COC(=O)CCCC/C=C\C/C=C\C/C=C\C/C=C\CC)OC(=O)CCCCCCCCCCCCCCCCCCCCC. The normalized spacial score (nSPS) is 12.9. The molecule has 0 aliphatic carbocycles. The first-order chi connectivity index (χ1) is 35.0. The number of hydrogen-bond donors (Lipinski definition) is 0. The van der Waals surface area contributed by atoms with Crippen molar-refractivity contribution in [3.05, 3.63) is 109 Å². The maximum atomic E-state index is 12.9. The average Bonchev–Trinajstić information content (AvgIpc) is 3.37. The lowest BCUT2D eigenvalue weighted by atomic mass is 10.0. The first kappa shape index (κ1) is 67.1. The Kier molecular flexibility index (Phi) is 55.4. The number of ether oxygens (including phenoxy) is 3. The molecule has 0 radical (unpaired) electrons. The van der Waals surface area contributed by atoms with Gasteiger partial charge in [0.2, 0.25) is 0 Å². The van der Waals surface area contributed by atoms with Gasteiger partial charge in [0.25, 0.3) is 0 Å². The molecule has 0 aromatic heterocycles. The molecular formula is C65H108O6. The van der Waals surface area contributed by atoms with Gasteiger partial charge >= 0.3 is 17.9 Å². The van der Waals surface area contributed by atoms with Gasteiger partial charge < -0.3 is 14.2 Å². The van der Waals surface area contributed by atoms with Crippen LogP contribution in [0, 0.1) is 0 Å². The van der Waals surface area contributed by atoms with E-state index in [0.29, 0.717) is 19.3 Å². The second kappa shape index (κ2) is 58.6. The van der Waals surface area contributed by atoms with Gasteiger partial charge in [0.05, 0.1) is 0 Å². The Bertz CT molecular complexity index is 1460. The van der Waals surface area contributed by atoms with Crippen molar-refractivity contribution in [2.75, 3.05) is 13.2 Å². The summed E-state index contributed by atoms with van der Waals surface area (Å²) in [7, 11) is 0. The monoisotopic (exact) mass is 985 g/mol. The van der Waals surface area contributed by atoms with Gasteiger partial charge in [-0.2, -0.15) is 0 Å². The van der Waals surface area contributed by atoms with Gasteiger partial charge in [-0.25, -0.2) is 0 Å². The van der Waals surface area contributed by atoms with Crippen LogP contribution in [0.3, 0.4) is 0 Å². The molecule has 6 heteroatoms. The van der Waals surface area contributed by atoms with Gasteiger partial charge in [-0.05, 0) is 103 Å². The van der Waals surface area contributed by atoms with Crippen molar-refractivity contribution in [3.8, 4) is 0 Å². The van der Waals surface area contributed by atoms with Crippen molar-refractivity contribution in [2.45, 2.75) is 271 Å². The van der Waals surface area contributed by atoms with Gasteiger partial charge in [-0.1, -0.05) is 252 Å². The highest BCUT2D eigenvalue weighted by molar-refractivity contribution is 5.71. The third kappa shape index (κ3) is 56.9. The van der Waals surface area contributed by atoms with Gasteiger partial charge in [-0.15, -0.1) is 0 Å². The lowest BCUT2D eigenvalue weighted by Gasteiger charge is -2.18. The maximum Gasteiger partial charge on any atom is 0.306 e. The van der Waals surface area contributed by atoms with Gasteiger partial charge in [0.15, 0.2) is 6.10 Å². The number of hydrogen-bond acceptors (Lipinski definition) is 6. The number of unbranched alkanes of at least 4 members (excludes halogenated alkanes) is 23. The molecule has 0 N–H and O–H groups in total. The molecule has 0 bridgehead atoms. The third-order valence-corrected chi connectivity index (χ3v) is 12.3. The topological polar surface area (TPSA) is 78.9 Å². The van der Waals surface area contributed by atoms with Crippen molar-refractivity contribution in [3.63, 3.8) is 0 Å². The lowest BCUT2D eigenvalue weighted by molar-refractivity contribution is -0.167. The minimum Gasteiger partial charge on any atom is -0.462 e. The van der Waals surface area contributed by atoms with Crippen LogP contribution in [0.5, 0.6) is 0 Å². The lowest BCUT2D eigenvalue weighted by Crippen LogP contribution is -2.30. The summed E-state index contributed by atoms with van der Waals surface area (Å²) in [4.78, 5) is 38.2. The summed E-state index contributed by atoms with van der Waals surface area (Å²) in [5.41, 5.74) is 0. The Morgan fingerprint density at radius 3 is 0.887 bits per heavy atom. The van der Waals surface area contributed by atoms with Crippen molar-refractivity contribution >= 4 is 17.9 Å². The van der Waals surface area contributed by atoms with E-state index in [2.05, 4.69) is 130 Å². The summed E-state index contributed by atoms with van der Waals surface area (Å²) < 4.78 is 16.8. The van der Waals surface area contributed by atoms with E-state index in [4.69, 9.17) is 14.2 Å². The fraction of sp³-hybridized carbons (Fsp3) is 0.677. The third-order valence-electron chi connectivity index (χ3n) is 12.3. The van der Waals surface area contributed by atoms with E-state index in [0.717, 1.165) is 122 Å². The smallest absolute Gasteiger partial charge is 0.306 e. The molecule has 0 aliphatic rings. The first-order valence-electron chi connectivity index (χ1n) is 29.4. The Morgan fingerprint density at radius 2 is 0.549 bits per heavy atom. The zero-order valence-electron chi connectivity index (χ0n) is 46.2. The predicted octanol–water partition coefficient (Wildman–Crippen LogP) is 19.9. The van der Waals surface area contributed by atoms with Crippen LogP contribution in [-0.4, -0.2) is 37.2 Å². The largest absolute Gasteiger partial charge is 0.462 e. The Morgan fingerprint density at radius 1 is 0.296 bits per heavy atom. The minimum atomic E-state index is -0.810. The first-order valence-corrected chi connectivity index (χ1v) is 29.4. The highest BCUT2D eigenvalue weighted by Gasteiger charge is 2.19. The molecule has 0 aromatic carbocycles. The molecule has 71 heavy (non-hydrogen) atoms. The molecule has 0 spiro atoms. The molecule has 0 saturated heterocycles. The second-order valence-electron chi connectivity index (χ2n) is 19.1. The van der Waals surface area contributed by atoms with E-state index < -0.39 is 6.10 Å². The van der Waals surface area contributed by atoms with Crippen LogP contribution in [0.4, 0.5) is 0 Å². The quantitative estimate of drug-likeness (QED) is 0.0261. The molecule has 0 saturated carbocycles. The maximum absolute atomic E-state index is 12.9. The molecule has 404 valence electrons. The standard InChI is InChI=1S/C65H108O6/c1-4-7-10-13-16-19-22-25-28-30-32-34-37-40-43-46-49-52-55-58-64(67)70-61-62(60-69-63(66)57-54-51-48-45-42-39-36-27-24-21-18-15-12-9-6-3)71-65(68)59-56-53-50-47-44-41-38-35-33-31-29-26-23-20-17-14-11-8-5-2/h7,9-10,12,16,18-19,21,25,27-28,32,34,36,40,42-43,45,62H,4-6,8,11,13-15,17,20,22-24,26,29-31,33,35,37-39,41,44,46-61H2,1-3H3/b10-7-,12-9-,19-16-,21-18-,28-25-,34-32-,36-27-,43-40-,45-42-/t62-/m0/s1. The molecule has 0 rings (SSSR count). The van der Waals surface area contributed by atoms with Crippen LogP contribution in [0.25, 0.3) is 0 Å². The number of esters is 3. The fourth-order valence-corrected chi connectivity index (χ4v) is 7.93. The molecule has 0 fully saturated rings. The number of carbonyl (C=O) groups excluding carboxylic acids is 3. The van der Waals surface area contributed by atoms with E-state index >= 15 is 0 Å². The molecule has 0 heterocycles. The van der Waals surface area contributed by atoms with E-state index in [1.54, 1.807) is 0 Å². The average molecular weight is 986 g/mol. The van der Waals surface area contributed by atoms with Crippen LogP contribution in [0.2, 0.25) is 0 Å². The van der Waals surface area contributed by atoms with Crippen molar-refractivity contribution in [1.29, 1.82) is 0 Å². The molecule has 1 atom stereocenters. The molecule has 0 aliphatic heterocycles. The Balaban J connectivity index is 4.48. The summed E-state index contributed by atoms with van der Waals surface area (Å²) in [5, 5.41) is 0. The molecule has 6 nitrogen and oxygen atoms in total. The second-order valence-corrected chi connectivity index (χ2v) is 19.1. The molecule has 0 amide bonds. The van der Waals surface area contributed by atoms with E-state index in [9.17, 15) is 14.4 Å². The summed E-state index contributed by atoms with van der Waals surface area (Å²) in [6, 6.07) is 0. The summed E-state index contributed by atoms with van der Waals surface area (Å²) in [5.74, 6) is -0.974. The van der Waals surface area contributed by atoms with Crippen molar-refractivity contribution in [1.82, 2.24) is 0 Å². The van der Waals surface area contributed by atoms with Crippen molar-refractivity contribution in [2.24, 2.45) is 0 Å². The van der Waals surface area contributed by atoms with Crippen LogP contribution in [0.15, 0.2) is 109 Å². The van der Waals surface area contributed by atoms with Gasteiger partial charge in [0.1, 0.15) is 13.2 Å². The minimum absolute atomic E-state index is 0.108. The number of carbonyl (C=O) groups is 3. The molecule has 0 unspecified atom stereocenters. The van der Waals surface area contributed by atoms with E-state index in [1.165, 1.54) is 103 Å². The van der Waals surface area contributed by atoms with Gasteiger partial charge in [0, 0.05) is 19.3 Å². The number of rotatable bonds is 52. The fourth-order valence-electron chi connectivity index (χ4n) is 7.93. The molecular weight excluding hydrogens is 877 g/mol. The van der Waals surface area contributed by atoms with Crippen LogP contribution < -0.4 is 0 Å². The molecule has 0 aromatic rings. The van der Waals surface area contributed by atoms with Crippen LogP contribution in [-0.2, 0) is 28.6 Å². The summed E-state index contributed by atoms with van der Waals surface area (Å²) in [6.07, 6.45) is 79.4. The highest BCUT2D eigenvalue weighted by atomic mass is 16.6. The zero-order valence-corrected chi connectivity index (χ0v) is 46.2. The predicted molar refractivity (Wildman–Crippen MR) is 307 cm³/mol. The summed E-state index contributed by atoms with van der Waals surface area (Å²) in [6.45, 7) is 6.36.